The highest BCUT2D eigenvalue weighted by Crippen LogP contribution is 2.41. The summed E-state index contributed by atoms with van der Waals surface area (Å²) in [5, 5.41) is 0. The first-order valence-electron chi connectivity index (χ1n) is 12.2. The highest BCUT2D eigenvalue weighted by atomic mass is 16.5. The molecule has 0 aromatic heterocycles. The van der Waals surface area contributed by atoms with Gasteiger partial charge in [-0.2, -0.15) is 0 Å². The van der Waals surface area contributed by atoms with Crippen LogP contribution in [0.3, 0.4) is 0 Å². The van der Waals surface area contributed by atoms with Crippen LogP contribution in [-0.4, -0.2) is 6.61 Å². The molecule has 0 spiro atoms. The average Bonchev–Trinajstić information content (AvgIpc) is 2.75. The Morgan fingerprint density at radius 3 is 2.29 bits per heavy atom. The van der Waals surface area contributed by atoms with E-state index in [1.54, 1.807) is 5.57 Å². The SMILES string of the molecule is CCCCOc1ccc(CCC2=CCC(C3CCC(CCC)CC3)CC2)cc1. The zero-order valence-electron chi connectivity index (χ0n) is 18.4. The largest absolute Gasteiger partial charge is 0.494 e. The Morgan fingerprint density at radius 2 is 1.64 bits per heavy atom. The van der Waals surface area contributed by atoms with Crippen LogP contribution in [0.4, 0.5) is 0 Å². The fourth-order valence-electron chi connectivity index (χ4n) is 5.31. The van der Waals surface area contributed by atoms with Gasteiger partial charge in [-0.3, -0.25) is 0 Å². The van der Waals surface area contributed by atoms with Gasteiger partial charge in [-0.05, 0) is 86.8 Å². The van der Waals surface area contributed by atoms with Crippen LogP contribution in [0.2, 0.25) is 0 Å². The maximum atomic E-state index is 5.77. The smallest absolute Gasteiger partial charge is 0.119 e. The summed E-state index contributed by atoms with van der Waals surface area (Å²) in [4.78, 5) is 0. The third kappa shape index (κ3) is 6.68. The molecule has 1 aromatic rings. The Labute approximate surface area is 174 Å². The monoisotopic (exact) mass is 382 g/mol. The van der Waals surface area contributed by atoms with Gasteiger partial charge < -0.3 is 4.74 Å². The molecule has 0 bridgehead atoms. The number of hydrogen-bond acceptors (Lipinski definition) is 1. The van der Waals surface area contributed by atoms with E-state index < -0.39 is 0 Å². The summed E-state index contributed by atoms with van der Waals surface area (Å²) in [6.45, 7) is 5.38. The number of benzene rings is 1. The van der Waals surface area contributed by atoms with E-state index in [-0.39, 0.29) is 0 Å². The summed E-state index contributed by atoms with van der Waals surface area (Å²) in [6.07, 6.45) is 20.3. The van der Waals surface area contributed by atoms with Crippen LogP contribution >= 0.6 is 0 Å². The summed E-state index contributed by atoms with van der Waals surface area (Å²) < 4.78 is 5.77. The molecule has 28 heavy (non-hydrogen) atoms. The second-order valence-corrected chi connectivity index (χ2v) is 9.31. The maximum Gasteiger partial charge on any atom is 0.119 e. The van der Waals surface area contributed by atoms with Gasteiger partial charge >= 0.3 is 0 Å². The normalized spacial score (nSPS) is 25.4. The van der Waals surface area contributed by atoms with Gasteiger partial charge in [0, 0.05) is 0 Å². The summed E-state index contributed by atoms with van der Waals surface area (Å²) in [6, 6.07) is 8.79. The minimum atomic E-state index is 0.837. The standard InChI is InChI=1S/C27H42O/c1-3-5-21-28-27-19-13-24(14-20-27)8-7-23-11-17-26(18-12-23)25-15-9-22(6-4-2)10-16-25/h11,13-14,19-20,22,25-26H,3-10,12,15-18,21H2,1-2H3. The van der Waals surface area contributed by atoms with E-state index >= 15 is 0 Å². The fraction of sp³-hybridized carbons (Fsp3) is 0.704. The van der Waals surface area contributed by atoms with Gasteiger partial charge in [0.2, 0.25) is 0 Å². The highest BCUT2D eigenvalue weighted by molar-refractivity contribution is 5.28. The second kappa shape index (κ2) is 11.7. The Morgan fingerprint density at radius 1 is 0.857 bits per heavy atom. The predicted octanol–water partition coefficient (Wildman–Crippen LogP) is 8.13. The number of hydrogen-bond donors (Lipinski definition) is 0. The lowest BCUT2D eigenvalue weighted by Gasteiger charge is -2.35. The van der Waals surface area contributed by atoms with Crippen molar-refractivity contribution in [1.29, 1.82) is 0 Å². The number of rotatable bonds is 10. The lowest BCUT2D eigenvalue weighted by atomic mass is 9.70. The van der Waals surface area contributed by atoms with E-state index in [0.29, 0.717) is 0 Å². The molecule has 3 rings (SSSR count). The molecule has 1 unspecified atom stereocenters. The van der Waals surface area contributed by atoms with Gasteiger partial charge in [0.25, 0.3) is 0 Å². The zero-order valence-corrected chi connectivity index (χ0v) is 18.4. The van der Waals surface area contributed by atoms with Gasteiger partial charge in [0.15, 0.2) is 0 Å². The Hall–Kier alpha value is -1.24. The Balaban J connectivity index is 1.37. The lowest BCUT2D eigenvalue weighted by molar-refractivity contribution is 0.186. The molecule has 1 aromatic carbocycles. The predicted molar refractivity (Wildman–Crippen MR) is 121 cm³/mol. The van der Waals surface area contributed by atoms with Crippen LogP contribution in [-0.2, 0) is 6.42 Å². The number of ether oxygens (including phenoxy) is 1. The van der Waals surface area contributed by atoms with Crippen LogP contribution in [0, 0.1) is 17.8 Å². The van der Waals surface area contributed by atoms with Gasteiger partial charge in [-0.25, -0.2) is 0 Å². The summed E-state index contributed by atoms with van der Waals surface area (Å²) in [5.74, 6) is 4.06. The van der Waals surface area contributed by atoms with Gasteiger partial charge in [-0.1, -0.05) is 69.7 Å². The van der Waals surface area contributed by atoms with E-state index in [9.17, 15) is 0 Å². The maximum absolute atomic E-state index is 5.77. The quantitative estimate of drug-likeness (QED) is 0.293. The topological polar surface area (TPSA) is 9.23 Å². The Bertz CT molecular complexity index is 577. The first-order chi connectivity index (χ1) is 13.8. The summed E-state index contributed by atoms with van der Waals surface area (Å²) >= 11 is 0. The molecule has 0 saturated heterocycles. The number of allylic oxidation sites excluding steroid dienone is 2. The minimum absolute atomic E-state index is 0.837. The van der Waals surface area contributed by atoms with Crippen LogP contribution < -0.4 is 4.74 Å². The third-order valence-corrected chi connectivity index (χ3v) is 7.23. The fourth-order valence-corrected chi connectivity index (χ4v) is 5.31. The summed E-state index contributed by atoms with van der Waals surface area (Å²) in [5.41, 5.74) is 3.15. The molecule has 1 saturated carbocycles. The second-order valence-electron chi connectivity index (χ2n) is 9.31. The molecular weight excluding hydrogens is 340 g/mol. The molecule has 0 heterocycles. The van der Waals surface area contributed by atoms with E-state index in [0.717, 1.165) is 36.5 Å². The molecular formula is C27H42O. The molecule has 0 aliphatic heterocycles. The van der Waals surface area contributed by atoms with Crippen LogP contribution in [0.15, 0.2) is 35.9 Å². The molecule has 2 aliphatic carbocycles. The third-order valence-electron chi connectivity index (χ3n) is 7.23. The van der Waals surface area contributed by atoms with Crippen molar-refractivity contribution < 1.29 is 4.74 Å². The van der Waals surface area contributed by atoms with Crippen molar-refractivity contribution in [3.05, 3.63) is 41.5 Å². The van der Waals surface area contributed by atoms with Gasteiger partial charge in [-0.15, -0.1) is 0 Å². The molecule has 2 aliphatic rings. The van der Waals surface area contributed by atoms with E-state index in [4.69, 9.17) is 4.74 Å². The van der Waals surface area contributed by atoms with Crippen molar-refractivity contribution in [2.24, 2.45) is 17.8 Å². The molecule has 0 N–H and O–H groups in total. The van der Waals surface area contributed by atoms with Crippen molar-refractivity contribution in [2.45, 2.75) is 97.3 Å². The van der Waals surface area contributed by atoms with E-state index in [1.807, 2.05) is 0 Å². The van der Waals surface area contributed by atoms with Crippen LogP contribution in [0.25, 0.3) is 0 Å². The van der Waals surface area contributed by atoms with E-state index in [2.05, 4.69) is 44.2 Å². The van der Waals surface area contributed by atoms with Gasteiger partial charge in [0.1, 0.15) is 5.75 Å². The zero-order chi connectivity index (χ0) is 19.6. The molecule has 156 valence electrons. The Kier molecular flexibility index (Phi) is 8.96. The van der Waals surface area contributed by atoms with Gasteiger partial charge in [0.05, 0.1) is 6.61 Å². The molecule has 1 atom stereocenters. The molecule has 1 nitrogen and oxygen atoms in total. The van der Waals surface area contributed by atoms with E-state index in [1.165, 1.54) is 82.6 Å². The first-order valence-corrected chi connectivity index (χ1v) is 12.2. The minimum Gasteiger partial charge on any atom is -0.494 e. The first kappa shape index (κ1) is 21.5. The van der Waals surface area contributed by atoms with Crippen LogP contribution in [0.1, 0.15) is 96.5 Å². The number of aryl methyl sites for hydroxylation is 1. The lowest BCUT2D eigenvalue weighted by Crippen LogP contribution is -2.23. The average molecular weight is 383 g/mol. The van der Waals surface area contributed by atoms with Crippen molar-refractivity contribution in [2.75, 3.05) is 6.61 Å². The summed E-state index contributed by atoms with van der Waals surface area (Å²) in [7, 11) is 0. The van der Waals surface area contributed by atoms with Crippen molar-refractivity contribution >= 4 is 0 Å². The highest BCUT2D eigenvalue weighted by Gasteiger charge is 2.28. The molecule has 0 amide bonds. The van der Waals surface area contributed by atoms with Crippen LogP contribution in [0.5, 0.6) is 5.75 Å². The molecule has 1 heteroatoms. The molecule has 0 radical (unpaired) electrons. The molecule has 1 fully saturated rings. The van der Waals surface area contributed by atoms with Crippen molar-refractivity contribution in [1.82, 2.24) is 0 Å². The number of unbranched alkanes of at least 4 members (excludes halogenated alkanes) is 1. The van der Waals surface area contributed by atoms with Crippen molar-refractivity contribution in [3.63, 3.8) is 0 Å². The van der Waals surface area contributed by atoms with Crippen molar-refractivity contribution in [3.8, 4) is 5.75 Å².